The molecule has 1 atom stereocenters. The summed E-state index contributed by atoms with van der Waals surface area (Å²) < 4.78 is 0. The maximum absolute atomic E-state index is 11.9. The van der Waals surface area contributed by atoms with Gasteiger partial charge in [0.25, 0.3) is 0 Å². The second kappa shape index (κ2) is 5.48. The summed E-state index contributed by atoms with van der Waals surface area (Å²) in [4.78, 5) is 34.6. The van der Waals surface area contributed by atoms with Crippen LogP contribution in [0.15, 0.2) is 0 Å². The minimum Gasteiger partial charge on any atom is -0.480 e. The van der Waals surface area contributed by atoms with Crippen LogP contribution in [0.1, 0.15) is 19.8 Å². The van der Waals surface area contributed by atoms with Gasteiger partial charge in [0.05, 0.1) is 5.92 Å². The molecule has 2 N–H and O–H groups in total. The molecule has 0 radical (unpaired) electrons. The van der Waals surface area contributed by atoms with E-state index in [0.717, 1.165) is 0 Å². The maximum Gasteiger partial charge on any atom is 0.323 e. The van der Waals surface area contributed by atoms with E-state index >= 15 is 0 Å². The zero-order valence-corrected chi connectivity index (χ0v) is 9.23. The predicted octanol–water partition coefficient (Wildman–Crippen LogP) is -0.554. The molecule has 1 heterocycles. The minimum atomic E-state index is -1.02. The summed E-state index contributed by atoms with van der Waals surface area (Å²) in [7, 11) is 0. The van der Waals surface area contributed by atoms with Gasteiger partial charge < -0.3 is 15.3 Å². The molecule has 0 spiro atoms. The molecule has 0 saturated carbocycles. The molecule has 1 aliphatic rings. The summed E-state index contributed by atoms with van der Waals surface area (Å²) in [6.07, 6.45) is 0.835. The third kappa shape index (κ3) is 3.22. The van der Waals surface area contributed by atoms with Gasteiger partial charge in [-0.05, 0) is 13.3 Å². The van der Waals surface area contributed by atoms with Gasteiger partial charge in [-0.15, -0.1) is 0 Å². The summed E-state index contributed by atoms with van der Waals surface area (Å²) >= 11 is 0. The standard InChI is InChI=1S/C10H16N2O4/c1-2-12(6-9(14)15)10(16)7-3-4-8(13)11-5-7/h7H,2-6H2,1H3,(H,11,13)(H,14,15). The minimum absolute atomic E-state index is 0.0506. The van der Waals surface area contributed by atoms with Crippen LogP contribution in [0.3, 0.4) is 0 Å². The average molecular weight is 228 g/mol. The van der Waals surface area contributed by atoms with E-state index in [2.05, 4.69) is 5.32 Å². The van der Waals surface area contributed by atoms with Gasteiger partial charge in [0.1, 0.15) is 6.54 Å². The van der Waals surface area contributed by atoms with Crippen molar-refractivity contribution in [2.24, 2.45) is 5.92 Å². The lowest BCUT2D eigenvalue weighted by Crippen LogP contribution is -2.46. The molecule has 0 bridgehead atoms. The lowest BCUT2D eigenvalue weighted by atomic mass is 9.97. The Morgan fingerprint density at radius 3 is 2.69 bits per heavy atom. The summed E-state index contributed by atoms with van der Waals surface area (Å²) in [5, 5.41) is 11.3. The number of nitrogens with zero attached hydrogens (tertiary/aromatic N) is 1. The SMILES string of the molecule is CCN(CC(=O)O)C(=O)C1CCC(=O)NC1. The highest BCUT2D eigenvalue weighted by Gasteiger charge is 2.28. The number of carbonyl (C=O) groups is 3. The predicted molar refractivity (Wildman–Crippen MR) is 55.6 cm³/mol. The number of nitrogens with one attached hydrogen (secondary N) is 1. The first kappa shape index (κ1) is 12.5. The van der Waals surface area contributed by atoms with E-state index in [1.807, 2.05) is 0 Å². The quantitative estimate of drug-likeness (QED) is 0.675. The first-order valence-electron chi connectivity index (χ1n) is 5.31. The van der Waals surface area contributed by atoms with Gasteiger partial charge in [-0.1, -0.05) is 0 Å². The van der Waals surface area contributed by atoms with Crippen LogP contribution in [0, 0.1) is 5.92 Å². The molecule has 1 saturated heterocycles. The number of likely N-dealkylation sites (N-methyl/N-ethyl adjacent to an activating group) is 1. The Hall–Kier alpha value is -1.59. The zero-order chi connectivity index (χ0) is 12.1. The van der Waals surface area contributed by atoms with Crippen LogP contribution < -0.4 is 5.32 Å². The van der Waals surface area contributed by atoms with Crippen LogP contribution in [-0.2, 0) is 14.4 Å². The van der Waals surface area contributed by atoms with Gasteiger partial charge in [0.15, 0.2) is 0 Å². The normalized spacial score (nSPS) is 20.1. The Labute approximate surface area is 93.6 Å². The monoisotopic (exact) mass is 228 g/mol. The molecule has 1 aliphatic heterocycles. The van der Waals surface area contributed by atoms with Crippen molar-refractivity contribution in [3.8, 4) is 0 Å². The molecule has 0 aromatic heterocycles. The molecule has 1 rings (SSSR count). The van der Waals surface area contributed by atoms with Gasteiger partial charge in [0, 0.05) is 19.5 Å². The maximum atomic E-state index is 11.9. The number of hydrogen-bond donors (Lipinski definition) is 2. The van der Waals surface area contributed by atoms with Gasteiger partial charge in [0.2, 0.25) is 11.8 Å². The Morgan fingerprint density at radius 1 is 1.56 bits per heavy atom. The summed E-state index contributed by atoms with van der Waals surface area (Å²) in [6, 6.07) is 0. The fraction of sp³-hybridized carbons (Fsp3) is 0.700. The molecule has 6 nitrogen and oxygen atoms in total. The number of carbonyl (C=O) groups excluding carboxylic acids is 2. The fourth-order valence-electron chi connectivity index (χ4n) is 1.71. The van der Waals surface area contributed by atoms with E-state index in [1.165, 1.54) is 4.90 Å². The first-order valence-corrected chi connectivity index (χ1v) is 5.31. The number of amides is 2. The van der Waals surface area contributed by atoms with E-state index < -0.39 is 5.97 Å². The van der Waals surface area contributed by atoms with Gasteiger partial charge >= 0.3 is 5.97 Å². The zero-order valence-electron chi connectivity index (χ0n) is 9.23. The molecular formula is C10H16N2O4. The van der Waals surface area contributed by atoms with Crippen LogP contribution >= 0.6 is 0 Å². The smallest absolute Gasteiger partial charge is 0.323 e. The Bertz CT molecular complexity index is 293. The Morgan fingerprint density at radius 2 is 2.25 bits per heavy atom. The largest absolute Gasteiger partial charge is 0.480 e. The molecule has 0 aliphatic carbocycles. The van der Waals surface area contributed by atoms with Crippen molar-refractivity contribution in [3.63, 3.8) is 0 Å². The van der Waals surface area contributed by atoms with Crippen molar-refractivity contribution < 1.29 is 19.5 Å². The second-order valence-corrected chi connectivity index (χ2v) is 3.79. The van der Waals surface area contributed by atoms with Crippen molar-refractivity contribution in [3.05, 3.63) is 0 Å². The van der Waals surface area contributed by atoms with E-state index in [0.29, 0.717) is 25.9 Å². The highest BCUT2D eigenvalue weighted by Crippen LogP contribution is 2.13. The van der Waals surface area contributed by atoms with E-state index in [-0.39, 0.29) is 24.3 Å². The van der Waals surface area contributed by atoms with Gasteiger partial charge in [-0.25, -0.2) is 0 Å². The molecule has 1 fully saturated rings. The number of aliphatic carboxylic acids is 1. The van der Waals surface area contributed by atoms with Crippen molar-refractivity contribution in [2.75, 3.05) is 19.6 Å². The first-order chi connectivity index (χ1) is 7.54. The summed E-state index contributed by atoms with van der Waals surface area (Å²) in [5.41, 5.74) is 0. The van der Waals surface area contributed by atoms with Crippen LogP contribution in [0.2, 0.25) is 0 Å². The number of rotatable bonds is 4. The van der Waals surface area contributed by atoms with Crippen molar-refractivity contribution >= 4 is 17.8 Å². The van der Waals surface area contributed by atoms with E-state index in [9.17, 15) is 14.4 Å². The van der Waals surface area contributed by atoms with E-state index in [1.54, 1.807) is 6.92 Å². The molecule has 90 valence electrons. The number of piperidine rings is 1. The Kier molecular flexibility index (Phi) is 4.28. The lowest BCUT2D eigenvalue weighted by molar-refractivity contribution is -0.147. The lowest BCUT2D eigenvalue weighted by Gasteiger charge is -2.27. The third-order valence-corrected chi connectivity index (χ3v) is 2.63. The molecule has 1 unspecified atom stereocenters. The number of hydrogen-bond acceptors (Lipinski definition) is 3. The van der Waals surface area contributed by atoms with Crippen LogP contribution in [0.25, 0.3) is 0 Å². The van der Waals surface area contributed by atoms with Crippen LogP contribution in [0.4, 0.5) is 0 Å². The molecule has 0 aromatic carbocycles. The van der Waals surface area contributed by atoms with Crippen molar-refractivity contribution in [1.82, 2.24) is 10.2 Å². The third-order valence-electron chi connectivity index (χ3n) is 2.63. The number of carboxylic acid groups (broad SMARTS) is 1. The number of carboxylic acids is 1. The van der Waals surface area contributed by atoms with Crippen LogP contribution in [-0.4, -0.2) is 47.4 Å². The van der Waals surface area contributed by atoms with E-state index in [4.69, 9.17) is 5.11 Å². The van der Waals surface area contributed by atoms with Crippen LogP contribution in [0.5, 0.6) is 0 Å². The molecular weight excluding hydrogens is 212 g/mol. The summed E-state index contributed by atoms with van der Waals surface area (Å²) in [6.45, 7) is 2.14. The second-order valence-electron chi connectivity index (χ2n) is 3.79. The highest BCUT2D eigenvalue weighted by molar-refractivity contribution is 5.86. The fourth-order valence-corrected chi connectivity index (χ4v) is 1.71. The van der Waals surface area contributed by atoms with Gasteiger partial charge in [-0.2, -0.15) is 0 Å². The molecule has 0 aromatic rings. The molecule has 6 heteroatoms. The topological polar surface area (TPSA) is 86.7 Å². The summed E-state index contributed by atoms with van der Waals surface area (Å²) in [5.74, 6) is -1.54. The molecule has 16 heavy (non-hydrogen) atoms. The highest BCUT2D eigenvalue weighted by atomic mass is 16.4. The van der Waals surface area contributed by atoms with Crippen molar-refractivity contribution in [2.45, 2.75) is 19.8 Å². The Balaban J connectivity index is 2.54. The average Bonchev–Trinajstić information content (AvgIpc) is 2.25. The van der Waals surface area contributed by atoms with Gasteiger partial charge in [-0.3, -0.25) is 14.4 Å². The molecule has 2 amide bonds. The van der Waals surface area contributed by atoms with Crippen molar-refractivity contribution in [1.29, 1.82) is 0 Å².